The molecule has 34 heavy (non-hydrogen) atoms. The third-order valence-corrected chi connectivity index (χ3v) is 6.31. The molecule has 1 atom stereocenters. The molecular formula is C23H23FN6O3S. The number of halogens is 1. The first-order valence-corrected chi connectivity index (χ1v) is 11.2. The minimum absolute atomic E-state index is 0.188. The van der Waals surface area contributed by atoms with Crippen molar-refractivity contribution in [3.63, 3.8) is 0 Å². The van der Waals surface area contributed by atoms with Crippen molar-refractivity contribution in [1.29, 1.82) is 0 Å². The second-order valence-corrected chi connectivity index (χ2v) is 9.18. The van der Waals surface area contributed by atoms with Crippen LogP contribution in [0.4, 0.5) is 15.2 Å². The molecule has 0 aliphatic rings. The summed E-state index contributed by atoms with van der Waals surface area (Å²) >= 11 is 1.15. The molecule has 0 spiro atoms. The number of nitrogens with one attached hydrogen (secondary N) is 1. The minimum atomic E-state index is -1.19. The minimum Gasteiger partial charge on any atom is -0.394 e. The van der Waals surface area contributed by atoms with Gasteiger partial charge >= 0.3 is 0 Å². The van der Waals surface area contributed by atoms with Crippen molar-refractivity contribution < 1.29 is 19.4 Å². The molecule has 0 saturated heterocycles. The normalized spacial score (nSPS) is 12.5. The van der Waals surface area contributed by atoms with Crippen LogP contribution in [-0.4, -0.2) is 42.7 Å². The van der Waals surface area contributed by atoms with Gasteiger partial charge in [0.1, 0.15) is 22.7 Å². The van der Waals surface area contributed by atoms with E-state index in [1.165, 1.54) is 23.0 Å². The molecule has 1 amide bonds. The lowest BCUT2D eigenvalue weighted by Gasteiger charge is -2.18. The van der Waals surface area contributed by atoms with Gasteiger partial charge in [-0.1, -0.05) is 23.4 Å². The zero-order valence-corrected chi connectivity index (χ0v) is 19.3. The van der Waals surface area contributed by atoms with E-state index in [0.29, 0.717) is 27.0 Å². The standard InChI is InChI=1S/C23H23FN6O3S/c1-23(2,33)13-6-7-14(16(24)10-13)19-11-15(21(25)32)22(34-19)28-20-5-3-4-17(27-20)18(12-31)30-9-8-26-29-30/h3-11,18,31,33H,12H2,1-2H3,(H2,25,32)(H,27,28). The zero-order chi connectivity index (χ0) is 24.5. The van der Waals surface area contributed by atoms with Crippen LogP contribution in [0.2, 0.25) is 0 Å². The molecule has 5 N–H and O–H groups in total. The first-order valence-electron chi connectivity index (χ1n) is 10.3. The molecule has 11 heteroatoms. The number of nitrogens with two attached hydrogens (primary N) is 1. The topological polar surface area (TPSA) is 139 Å². The van der Waals surface area contributed by atoms with Gasteiger partial charge in [-0.3, -0.25) is 4.79 Å². The number of pyridine rings is 1. The number of primary amides is 1. The lowest BCUT2D eigenvalue weighted by molar-refractivity contribution is 0.0782. The van der Waals surface area contributed by atoms with Gasteiger partial charge in [-0.15, -0.1) is 16.4 Å². The highest BCUT2D eigenvalue weighted by molar-refractivity contribution is 7.19. The van der Waals surface area contributed by atoms with E-state index in [-0.39, 0.29) is 17.7 Å². The molecular weight excluding hydrogens is 459 g/mol. The first kappa shape index (κ1) is 23.5. The second-order valence-electron chi connectivity index (χ2n) is 8.13. The number of aromatic nitrogens is 4. The number of benzene rings is 1. The van der Waals surface area contributed by atoms with Crippen molar-refractivity contribution in [2.24, 2.45) is 5.73 Å². The fraction of sp³-hybridized carbons (Fsp3) is 0.217. The first-order chi connectivity index (χ1) is 16.2. The SMILES string of the molecule is CC(C)(O)c1ccc(-c2cc(C(N)=O)c(Nc3cccc(C(CO)n4ccnn4)n3)s2)c(F)c1. The van der Waals surface area contributed by atoms with Gasteiger partial charge in [0, 0.05) is 16.6 Å². The molecule has 1 aromatic carbocycles. The Kier molecular flexibility index (Phi) is 6.42. The number of amides is 1. The van der Waals surface area contributed by atoms with E-state index < -0.39 is 23.4 Å². The van der Waals surface area contributed by atoms with Crippen molar-refractivity contribution in [2.75, 3.05) is 11.9 Å². The van der Waals surface area contributed by atoms with Gasteiger partial charge in [0.05, 0.1) is 29.7 Å². The van der Waals surface area contributed by atoms with Crippen LogP contribution in [-0.2, 0) is 5.60 Å². The summed E-state index contributed by atoms with van der Waals surface area (Å²) in [6.07, 6.45) is 3.13. The molecule has 9 nitrogen and oxygen atoms in total. The van der Waals surface area contributed by atoms with Crippen molar-refractivity contribution in [3.8, 4) is 10.4 Å². The Hall–Kier alpha value is -3.67. The van der Waals surface area contributed by atoms with Crippen LogP contribution in [0.3, 0.4) is 0 Å². The maximum Gasteiger partial charge on any atom is 0.251 e. The van der Waals surface area contributed by atoms with Gasteiger partial charge in [-0.05, 0) is 43.7 Å². The Morgan fingerprint density at radius 3 is 2.71 bits per heavy atom. The van der Waals surface area contributed by atoms with Crippen LogP contribution in [0.5, 0.6) is 0 Å². The number of thiophene rings is 1. The van der Waals surface area contributed by atoms with E-state index >= 15 is 0 Å². The van der Waals surface area contributed by atoms with E-state index in [9.17, 15) is 19.4 Å². The van der Waals surface area contributed by atoms with Gasteiger partial charge in [0.25, 0.3) is 5.91 Å². The molecule has 0 radical (unpaired) electrons. The maximum absolute atomic E-state index is 14.9. The number of carbonyl (C=O) groups excluding carboxylic acids is 1. The maximum atomic E-state index is 14.9. The number of aliphatic hydroxyl groups is 2. The summed E-state index contributed by atoms with van der Waals surface area (Å²) in [5.41, 5.74) is 5.82. The van der Waals surface area contributed by atoms with E-state index in [2.05, 4.69) is 20.6 Å². The molecule has 3 aromatic heterocycles. The Bertz CT molecular complexity index is 1320. The quantitative estimate of drug-likeness (QED) is 0.302. The highest BCUT2D eigenvalue weighted by Crippen LogP contribution is 2.38. The third-order valence-electron chi connectivity index (χ3n) is 5.23. The van der Waals surface area contributed by atoms with E-state index in [1.54, 1.807) is 50.4 Å². The zero-order valence-electron chi connectivity index (χ0n) is 18.4. The average molecular weight is 483 g/mol. The molecule has 176 valence electrons. The third kappa shape index (κ3) is 4.81. The number of hydrogen-bond donors (Lipinski definition) is 4. The van der Waals surface area contributed by atoms with Crippen LogP contribution >= 0.6 is 11.3 Å². The fourth-order valence-electron chi connectivity index (χ4n) is 3.41. The van der Waals surface area contributed by atoms with Crippen LogP contribution in [0.25, 0.3) is 10.4 Å². The lowest BCUT2D eigenvalue weighted by atomic mass is 9.96. The van der Waals surface area contributed by atoms with Crippen molar-refractivity contribution >= 4 is 28.1 Å². The number of anilines is 2. The predicted octanol–water partition coefficient (Wildman–Crippen LogP) is 3.19. The molecule has 3 heterocycles. The monoisotopic (exact) mass is 482 g/mol. The van der Waals surface area contributed by atoms with Gasteiger partial charge in [0.2, 0.25) is 0 Å². The highest BCUT2D eigenvalue weighted by Gasteiger charge is 2.22. The second kappa shape index (κ2) is 9.29. The average Bonchev–Trinajstić information content (AvgIpc) is 3.44. The molecule has 4 rings (SSSR count). The van der Waals surface area contributed by atoms with Gasteiger partial charge < -0.3 is 21.3 Å². The largest absolute Gasteiger partial charge is 0.394 e. The fourth-order valence-corrected chi connectivity index (χ4v) is 4.51. The summed E-state index contributed by atoms with van der Waals surface area (Å²) in [5, 5.41) is 31.1. The van der Waals surface area contributed by atoms with Gasteiger partial charge in [0.15, 0.2) is 0 Å². The number of hydrogen-bond acceptors (Lipinski definition) is 8. The number of nitrogens with zero attached hydrogens (tertiary/aromatic N) is 4. The summed E-state index contributed by atoms with van der Waals surface area (Å²) in [6, 6.07) is 10.6. The molecule has 1 unspecified atom stereocenters. The molecule has 0 aliphatic carbocycles. The number of aliphatic hydroxyl groups excluding tert-OH is 1. The highest BCUT2D eigenvalue weighted by atomic mass is 32.1. The Labute approximate surface area is 198 Å². The molecule has 0 bridgehead atoms. The Morgan fingerprint density at radius 1 is 1.29 bits per heavy atom. The van der Waals surface area contributed by atoms with Gasteiger partial charge in [-0.25, -0.2) is 14.1 Å². The summed E-state index contributed by atoms with van der Waals surface area (Å²) in [6.45, 7) is 2.91. The van der Waals surface area contributed by atoms with E-state index in [0.717, 1.165) is 11.3 Å². The molecule has 0 fully saturated rings. The van der Waals surface area contributed by atoms with Crippen LogP contribution in [0.1, 0.15) is 41.5 Å². The Balaban J connectivity index is 1.67. The summed E-state index contributed by atoms with van der Waals surface area (Å²) in [7, 11) is 0. The van der Waals surface area contributed by atoms with Crippen LogP contribution in [0.15, 0.2) is 54.9 Å². The summed E-state index contributed by atoms with van der Waals surface area (Å²) in [5.74, 6) is -0.794. The van der Waals surface area contributed by atoms with Crippen LogP contribution < -0.4 is 11.1 Å². The van der Waals surface area contributed by atoms with Crippen molar-refractivity contribution in [2.45, 2.75) is 25.5 Å². The number of carbonyl (C=O) groups is 1. The van der Waals surface area contributed by atoms with Crippen molar-refractivity contribution in [1.82, 2.24) is 20.0 Å². The van der Waals surface area contributed by atoms with E-state index in [4.69, 9.17) is 5.73 Å². The van der Waals surface area contributed by atoms with Gasteiger partial charge in [-0.2, -0.15) is 0 Å². The van der Waals surface area contributed by atoms with Crippen molar-refractivity contribution in [3.05, 3.63) is 77.5 Å². The lowest BCUT2D eigenvalue weighted by Crippen LogP contribution is -2.17. The molecule has 0 saturated carbocycles. The predicted molar refractivity (Wildman–Crippen MR) is 126 cm³/mol. The Morgan fingerprint density at radius 2 is 2.09 bits per heavy atom. The number of rotatable bonds is 8. The smallest absolute Gasteiger partial charge is 0.251 e. The molecule has 0 aliphatic heterocycles. The van der Waals surface area contributed by atoms with Crippen LogP contribution in [0, 0.1) is 5.82 Å². The summed E-state index contributed by atoms with van der Waals surface area (Å²) < 4.78 is 16.4. The summed E-state index contributed by atoms with van der Waals surface area (Å²) in [4.78, 5) is 17.1. The van der Waals surface area contributed by atoms with E-state index in [1.807, 2.05) is 0 Å². The molecule has 4 aromatic rings.